The van der Waals surface area contributed by atoms with Crippen molar-refractivity contribution in [2.24, 2.45) is 0 Å². The third kappa shape index (κ3) is 4.99. The monoisotopic (exact) mass is 232 g/mol. The average molecular weight is 232 g/mol. The number of allylic oxidation sites excluding steroid dienone is 3. The van der Waals surface area contributed by atoms with E-state index in [4.69, 9.17) is 0 Å². The predicted molar refractivity (Wildman–Crippen MR) is 73.4 cm³/mol. The average Bonchev–Trinajstić information content (AvgIpc) is 2.35. The third-order valence-corrected chi connectivity index (χ3v) is 2.60. The highest BCUT2D eigenvalue weighted by Gasteiger charge is 2.03. The fourth-order valence-electron chi connectivity index (χ4n) is 1.70. The number of halogens is 1. The molecule has 1 heteroatoms. The molecule has 0 fully saturated rings. The summed E-state index contributed by atoms with van der Waals surface area (Å²) in [6.07, 6.45) is 7.45. The Morgan fingerprint density at radius 1 is 1.12 bits per heavy atom. The van der Waals surface area contributed by atoms with Crippen molar-refractivity contribution in [3.8, 4) is 0 Å². The first kappa shape index (κ1) is 13.7. The molecule has 1 aromatic carbocycles. The van der Waals surface area contributed by atoms with E-state index < -0.39 is 0 Å². The zero-order valence-electron chi connectivity index (χ0n) is 10.7. The van der Waals surface area contributed by atoms with Gasteiger partial charge in [0.15, 0.2) is 0 Å². The second-order valence-electron chi connectivity index (χ2n) is 4.17. The Kier molecular flexibility index (Phi) is 6.31. The van der Waals surface area contributed by atoms with Gasteiger partial charge in [0.05, 0.1) is 0 Å². The topological polar surface area (TPSA) is 0 Å². The second-order valence-corrected chi connectivity index (χ2v) is 4.17. The molecule has 0 aliphatic heterocycles. The van der Waals surface area contributed by atoms with Gasteiger partial charge < -0.3 is 0 Å². The van der Waals surface area contributed by atoms with Crippen molar-refractivity contribution < 1.29 is 4.39 Å². The van der Waals surface area contributed by atoms with Crippen LogP contribution in [-0.2, 0) is 0 Å². The van der Waals surface area contributed by atoms with Crippen molar-refractivity contribution in [1.82, 2.24) is 0 Å². The number of hydrogen-bond donors (Lipinski definition) is 0. The summed E-state index contributed by atoms with van der Waals surface area (Å²) < 4.78 is 14.1. The molecule has 0 spiro atoms. The Balaban J connectivity index is 2.84. The number of rotatable bonds is 6. The van der Waals surface area contributed by atoms with E-state index in [1.54, 1.807) is 6.08 Å². The Morgan fingerprint density at radius 3 is 2.41 bits per heavy atom. The lowest BCUT2D eigenvalue weighted by atomic mass is 10.1. The van der Waals surface area contributed by atoms with E-state index >= 15 is 0 Å². The molecule has 0 aliphatic rings. The summed E-state index contributed by atoms with van der Waals surface area (Å²) in [5, 5.41) is 0. The van der Waals surface area contributed by atoms with Crippen LogP contribution < -0.4 is 0 Å². The number of benzene rings is 1. The zero-order chi connectivity index (χ0) is 12.5. The van der Waals surface area contributed by atoms with Crippen LogP contribution in [0.3, 0.4) is 0 Å². The molecule has 0 saturated heterocycles. The maximum Gasteiger partial charge on any atom is 0.126 e. The molecule has 0 radical (unpaired) electrons. The minimum absolute atomic E-state index is 0.0912. The van der Waals surface area contributed by atoms with E-state index in [0.29, 0.717) is 0 Å². The van der Waals surface area contributed by atoms with Crippen molar-refractivity contribution in [3.63, 3.8) is 0 Å². The van der Waals surface area contributed by atoms with Crippen LogP contribution in [0, 0.1) is 0 Å². The SMILES string of the molecule is CCC/C=C(CCC)/C(F)=C/c1ccccc1. The first-order valence-corrected chi connectivity index (χ1v) is 6.39. The van der Waals surface area contributed by atoms with Crippen LogP contribution in [0.15, 0.2) is 47.8 Å². The minimum Gasteiger partial charge on any atom is -0.207 e. The molecule has 0 saturated carbocycles. The van der Waals surface area contributed by atoms with Gasteiger partial charge >= 0.3 is 0 Å². The smallest absolute Gasteiger partial charge is 0.126 e. The molecule has 0 nitrogen and oxygen atoms in total. The van der Waals surface area contributed by atoms with Crippen LogP contribution in [0.4, 0.5) is 4.39 Å². The Morgan fingerprint density at radius 2 is 1.82 bits per heavy atom. The van der Waals surface area contributed by atoms with E-state index in [0.717, 1.165) is 36.8 Å². The maximum absolute atomic E-state index is 14.1. The first-order valence-electron chi connectivity index (χ1n) is 6.39. The van der Waals surface area contributed by atoms with Gasteiger partial charge in [-0.1, -0.05) is 63.1 Å². The van der Waals surface area contributed by atoms with Crippen molar-refractivity contribution in [2.45, 2.75) is 39.5 Å². The molecule has 92 valence electrons. The van der Waals surface area contributed by atoms with Crippen LogP contribution in [-0.4, -0.2) is 0 Å². The highest BCUT2D eigenvalue weighted by Crippen LogP contribution is 2.21. The minimum atomic E-state index is -0.0912. The van der Waals surface area contributed by atoms with E-state index in [1.807, 2.05) is 36.4 Å². The van der Waals surface area contributed by atoms with Crippen LogP contribution in [0.25, 0.3) is 6.08 Å². The Labute approximate surface area is 104 Å². The number of hydrogen-bond acceptors (Lipinski definition) is 0. The van der Waals surface area contributed by atoms with Gasteiger partial charge in [0.2, 0.25) is 0 Å². The van der Waals surface area contributed by atoms with Crippen molar-refractivity contribution >= 4 is 6.08 Å². The van der Waals surface area contributed by atoms with Gasteiger partial charge in [0.25, 0.3) is 0 Å². The molecule has 0 heterocycles. The lowest BCUT2D eigenvalue weighted by molar-refractivity contribution is 0.640. The molecule has 0 aromatic heterocycles. The zero-order valence-corrected chi connectivity index (χ0v) is 10.7. The summed E-state index contributed by atoms with van der Waals surface area (Å²) in [6, 6.07) is 9.63. The van der Waals surface area contributed by atoms with E-state index in [2.05, 4.69) is 13.8 Å². The summed E-state index contributed by atoms with van der Waals surface area (Å²) in [5.74, 6) is -0.0912. The highest BCUT2D eigenvalue weighted by atomic mass is 19.1. The molecule has 0 atom stereocenters. The van der Waals surface area contributed by atoms with Gasteiger partial charge in [-0.3, -0.25) is 0 Å². The molecule has 0 unspecified atom stereocenters. The first-order chi connectivity index (χ1) is 8.27. The summed E-state index contributed by atoms with van der Waals surface area (Å²) in [4.78, 5) is 0. The largest absolute Gasteiger partial charge is 0.207 e. The van der Waals surface area contributed by atoms with Gasteiger partial charge in [0.1, 0.15) is 5.83 Å². The molecule has 17 heavy (non-hydrogen) atoms. The van der Waals surface area contributed by atoms with Gasteiger partial charge in [-0.05, 0) is 30.1 Å². The second kappa shape index (κ2) is 7.83. The molecule has 0 amide bonds. The van der Waals surface area contributed by atoms with Gasteiger partial charge in [-0.25, -0.2) is 4.39 Å². The molecule has 1 rings (SSSR count). The van der Waals surface area contributed by atoms with Crippen molar-refractivity contribution in [1.29, 1.82) is 0 Å². The number of unbranched alkanes of at least 4 members (excludes halogenated alkanes) is 1. The van der Waals surface area contributed by atoms with Crippen LogP contribution >= 0.6 is 0 Å². The van der Waals surface area contributed by atoms with Crippen LogP contribution in [0.5, 0.6) is 0 Å². The Bertz CT molecular complexity index is 374. The fourth-order valence-corrected chi connectivity index (χ4v) is 1.70. The van der Waals surface area contributed by atoms with Crippen LogP contribution in [0.1, 0.15) is 45.1 Å². The fraction of sp³-hybridized carbons (Fsp3) is 0.375. The van der Waals surface area contributed by atoms with Gasteiger partial charge in [-0.2, -0.15) is 0 Å². The van der Waals surface area contributed by atoms with Crippen molar-refractivity contribution in [3.05, 3.63) is 53.4 Å². The molecule has 0 N–H and O–H groups in total. The Hall–Kier alpha value is -1.37. The summed E-state index contributed by atoms with van der Waals surface area (Å²) in [7, 11) is 0. The molecular formula is C16H21F. The van der Waals surface area contributed by atoms with E-state index in [-0.39, 0.29) is 5.83 Å². The summed E-state index contributed by atoms with van der Waals surface area (Å²) >= 11 is 0. The van der Waals surface area contributed by atoms with E-state index in [9.17, 15) is 4.39 Å². The predicted octanol–water partition coefficient (Wildman–Crippen LogP) is 5.52. The highest BCUT2D eigenvalue weighted by molar-refractivity contribution is 5.55. The van der Waals surface area contributed by atoms with Gasteiger partial charge in [-0.15, -0.1) is 0 Å². The van der Waals surface area contributed by atoms with Gasteiger partial charge in [0, 0.05) is 0 Å². The van der Waals surface area contributed by atoms with E-state index in [1.165, 1.54) is 0 Å². The standard InChI is InChI=1S/C16H21F/c1-3-5-12-15(9-4-2)16(17)13-14-10-7-6-8-11-14/h6-8,10-13H,3-5,9H2,1-2H3/b15-12+,16-13-. The lowest BCUT2D eigenvalue weighted by Crippen LogP contribution is -1.85. The molecule has 0 bridgehead atoms. The summed E-state index contributed by atoms with van der Waals surface area (Å²) in [6.45, 7) is 4.19. The maximum atomic E-state index is 14.1. The van der Waals surface area contributed by atoms with Crippen LogP contribution in [0.2, 0.25) is 0 Å². The van der Waals surface area contributed by atoms with Crippen molar-refractivity contribution in [2.75, 3.05) is 0 Å². The summed E-state index contributed by atoms with van der Waals surface area (Å²) in [5.41, 5.74) is 1.77. The lowest BCUT2D eigenvalue weighted by Gasteiger charge is -2.04. The third-order valence-electron chi connectivity index (χ3n) is 2.60. The normalized spacial score (nSPS) is 12.9. The molecule has 1 aromatic rings. The molecule has 0 aliphatic carbocycles. The molecular weight excluding hydrogens is 211 g/mol. The quantitative estimate of drug-likeness (QED) is 0.566.